The molecule has 150 valence electrons. The van der Waals surface area contributed by atoms with Crippen molar-refractivity contribution in [3.05, 3.63) is 29.8 Å². The third-order valence-corrected chi connectivity index (χ3v) is 4.72. The van der Waals surface area contributed by atoms with E-state index in [0.717, 1.165) is 25.4 Å². The van der Waals surface area contributed by atoms with Crippen LogP contribution >= 0.6 is 0 Å². The summed E-state index contributed by atoms with van der Waals surface area (Å²) in [6.07, 6.45) is 0. The molecule has 2 amide bonds. The topological polar surface area (TPSA) is 61.9 Å². The molecule has 1 fully saturated rings. The molecule has 1 N–H and O–H groups in total. The Kier molecular flexibility index (Phi) is 7.25. The Labute approximate surface area is 162 Å². The van der Waals surface area contributed by atoms with Gasteiger partial charge in [-0.25, -0.2) is 0 Å². The van der Waals surface area contributed by atoms with Crippen LogP contribution in [0.5, 0.6) is 5.75 Å². The van der Waals surface area contributed by atoms with Crippen LogP contribution in [0.2, 0.25) is 0 Å². The summed E-state index contributed by atoms with van der Waals surface area (Å²) in [6, 6.07) is 7.68. The zero-order chi connectivity index (χ0) is 20.0. The number of carbonyl (C=O) groups excluding carboxylic acids is 2. The number of amides is 2. The largest absolute Gasteiger partial charge is 0.494 e. The quantitative estimate of drug-likeness (QED) is 0.829. The summed E-state index contributed by atoms with van der Waals surface area (Å²) in [5, 5.41) is 2.83. The fourth-order valence-electron chi connectivity index (χ4n) is 2.99. The lowest BCUT2D eigenvalue weighted by molar-refractivity contribution is -0.139. The van der Waals surface area contributed by atoms with Crippen molar-refractivity contribution in [3.8, 4) is 5.75 Å². The highest BCUT2D eigenvalue weighted by Crippen LogP contribution is 2.16. The van der Waals surface area contributed by atoms with Gasteiger partial charge in [-0.15, -0.1) is 0 Å². The SMILES string of the molecule is CCOc1ccc(CN2CCN(C(=O)C(C)NC(=O)C(C)(C)C)CC2)cc1. The Morgan fingerprint density at radius 3 is 2.22 bits per heavy atom. The van der Waals surface area contributed by atoms with E-state index >= 15 is 0 Å². The Morgan fingerprint density at radius 1 is 1.11 bits per heavy atom. The second-order valence-electron chi connectivity index (χ2n) is 8.12. The number of hydrogen-bond acceptors (Lipinski definition) is 4. The lowest BCUT2D eigenvalue weighted by atomic mass is 9.95. The molecular weight excluding hydrogens is 342 g/mol. The van der Waals surface area contributed by atoms with E-state index in [2.05, 4.69) is 22.3 Å². The zero-order valence-corrected chi connectivity index (χ0v) is 17.2. The summed E-state index contributed by atoms with van der Waals surface area (Å²) >= 11 is 0. The fourth-order valence-corrected chi connectivity index (χ4v) is 2.99. The van der Waals surface area contributed by atoms with E-state index in [4.69, 9.17) is 4.74 Å². The van der Waals surface area contributed by atoms with Gasteiger partial charge in [-0.2, -0.15) is 0 Å². The van der Waals surface area contributed by atoms with Crippen LogP contribution in [0.25, 0.3) is 0 Å². The summed E-state index contributed by atoms with van der Waals surface area (Å²) in [5.74, 6) is 0.786. The predicted molar refractivity (Wildman–Crippen MR) is 107 cm³/mol. The molecule has 0 aromatic heterocycles. The summed E-state index contributed by atoms with van der Waals surface area (Å²) in [7, 11) is 0. The summed E-state index contributed by atoms with van der Waals surface area (Å²) < 4.78 is 5.47. The van der Waals surface area contributed by atoms with Crippen molar-refractivity contribution < 1.29 is 14.3 Å². The third kappa shape index (κ3) is 6.24. The van der Waals surface area contributed by atoms with Crippen LogP contribution in [0.1, 0.15) is 40.2 Å². The third-order valence-electron chi connectivity index (χ3n) is 4.72. The molecule has 0 saturated carbocycles. The van der Waals surface area contributed by atoms with E-state index in [1.54, 1.807) is 6.92 Å². The van der Waals surface area contributed by atoms with Gasteiger partial charge >= 0.3 is 0 Å². The van der Waals surface area contributed by atoms with E-state index in [9.17, 15) is 9.59 Å². The van der Waals surface area contributed by atoms with Gasteiger partial charge in [0.15, 0.2) is 0 Å². The molecule has 27 heavy (non-hydrogen) atoms. The molecule has 1 unspecified atom stereocenters. The van der Waals surface area contributed by atoms with Gasteiger partial charge in [0.05, 0.1) is 6.61 Å². The highest BCUT2D eigenvalue weighted by atomic mass is 16.5. The van der Waals surface area contributed by atoms with Crippen LogP contribution in [0, 0.1) is 5.41 Å². The number of nitrogens with zero attached hydrogens (tertiary/aromatic N) is 2. The lowest BCUT2D eigenvalue weighted by Gasteiger charge is -2.36. The lowest BCUT2D eigenvalue weighted by Crippen LogP contribution is -2.54. The molecule has 1 aromatic carbocycles. The minimum atomic E-state index is -0.495. The van der Waals surface area contributed by atoms with Crippen molar-refractivity contribution in [2.45, 2.75) is 47.2 Å². The number of ether oxygens (including phenoxy) is 1. The maximum atomic E-state index is 12.6. The van der Waals surface area contributed by atoms with Crippen molar-refractivity contribution in [2.75, 3.05) is 32.8 Å². The van der Waals surface area contributed by atoms with Gasteiger partial charge in [-0.1, -0.05) is 32.9 Å². The number of benzene rings is 1. The maximum absolute atomic E-state index is 12.6. The van der Waals surface area contributed by atoms with E-state index < -0.39 is 11.5 Å². The van der Waals surface area contributed by atoms with Crippen LogP contribution < -0.4 is 10.1 Å². The number of rotatable bonds is 6. The monoisotopic (exact) mass is 375 g/mol. The smallest absolute Gasteiger partial charge is 0.244 e. The molecule has 1 aromatic rings. The predicted octanol–water partition coefficient (Wildman–Crippen LogP) is 2.28. The van der Waals surface area contributed by atoms with Crippen LogP contribution in [-0.4, -0.2) is 60.4 Å². The minimum Gasteiger partial charge on any atom is -0.494 e. The molecule has 1 aliphatic heterocycles. The van der Waals surface area contributed by atoms with Crippen LogP contribution in [0.15, 0.2) is 24.3 Å². The molecule has 1 saturated heterocycles. The highest BCUT2D eigenvalue weighted by Gasteiger charge is 2.29. The molecule has 0 aliphatic carbocycles. The number of nitrogens with one attached hydrogen (secondary N) is 1. The Balaban J connectivity index is 1.80. The Hall–Kier alpha value is -2.08. The number of piperazine rings is 1. The van der Waals surface area contributed by atoms with E-state index in [1.165, 1.54) is 5.56 Å². The van der Waals surface area contributed by atoms with E-state index in [-0.39, 0.29) is 11.8 Å². The average molecular weight is 376 g/mol. The van der Waals surface area contributed by atoms with Crippen molar-refractivity contribution in [2.24, 2.45) is 5.41 Å². The minimum absolute atomic E-state index is 0.00619. The van der Waals surface area contributed by atoms with Gasteiger partial charge in [-0.05, 0) is 31.5 Å². The molecule has 0 radical (unpaired) electrons. The van der Waals surface area contributed by atoms with Gasteiger partial charge < -0.3 is 15.0 Å². The fraction of sp³-hybridized carbons (Fsp3) is 0.619. The molecule has 2 rings (SSSR count). The maximum Gasteiger partial charge on any atom is 0.244 e. The molecule has 0 bridgehead atoms. The molecular formula is C21H33N3O3. The van der Waals surface area contributed by atoms with Gasteiger partial charge in [0.1, 0.15) is 11.8 Å². The standard InChI is InChI=1S/C21H33N3O3/c1-6-27-18-9-7-17(8-10-18)15-23-11-13-24(14-12-23)19(25)16(2)22-20(26)21(3,4)5/h7-10,16H,6,11-15H2,1-5H3,(H,22,26). The summed E-state index contributed by atoms with van der Waals surface area (Å²) in [5.41, 5.74) is 0.745. The van der Waals surface area contributed by atoms with Gasteiger partial charge in [0.2, 0.25) is 11.8 Å². The molecule has 6 heteroatoms. The molecule has 1 atom stereocenters. The second-order valence-corrected chi connectivity index (χ2v) is 8.12. The van der Waals surface area contributed by atoms with Crippen molar-refractivity contribution in [3.63, 3.8) is 0 Å². The average Bonchev–Trinajstić information content (AvgIpc) is 2.63. The first-order valence-electron chi connectivity index (χ1n) is 9.74. The van der Waals surface area contributed by atoms with Crippen molar-refractivity contribution >= 4 is 11.8 Å². The van der Waals surface area contributed by atoms with Crippen molar-refractivity contribution in [1.82, 2.24) is 15.1 Å². The molecule has 1 aliphatic rings. The van der Waals surface area contributed by atoms with Gasteiger partial charge in [0, 0.05) is 38.1 Å². The van der Waals surface area contributed by atoms with E-state index in [0.29, 0.717) is 19.7 Å². The number of hydrogen-bond donors (Lipinski definition) is 1. The molecule has 6 nitrogen and oxygen atoms in total. The van der Waals surface area contributed by atoms with Crippen LogP contribution in [0.4, 0.5) is 0 Å². The number of carbonyl (C=O) groups is 2. The Morgan fingerprint density at radius 2 is 1.70 bits per heavy atom. The second kappa shape index (κ2) is 9.22. The summed E-state index contributed by atoms with van der Waals surface area (Å²) in [4.78, 5) is 28.9. The van der Waals surface area contributed by atoms with E-state index in [1.807, 2.05) is 44.7 Å². The van der Waals surface area contributed by atoms with Crippen LogP contribution in [0.3, 0.4) is 0 Å². The van der Waals surface area contributed by atoms with Gasteiger partial charge in [0.25, 0.3) is 0 Å². The molecule has 1 heterocycles. The van der Waals surface area contributed by atoms with Gasteiger partial charge in [-0.3, -0.25) is 14.5 Å². The first kappa shape index (κ1) is 21.2. The van der Waals surface area contributed by atoms with Crippen LogP contribution in [-0.2, 0) is 16.1 Å². The van der Waals surface area contributed by atoms with Crippen molar-refractivity contribution in [1.29, 1.82) is 0 Å². The summed E-state index contributed by atoms with van der Waals surface area (Å²) in [6.45, 7) is 13.9. The Bertz CT molecular complexity index is 629. The first-order valence-corrected chi connectivity index (χ1v) is 9.74. The highest BCUT2D eigenvalue weighted by molar-refractivity contribution is 5.89. The zero-order valence-electron chi connectivity index (χ0n) is 17.2. The normalized spacial score (nSPS) is 16.7. The molecule has 0 spiro atoms. The first-order chi connectivity index (χ1) is 12.7.